The second-order valence-corrected chi connectivity index (χ2v) is 10.5. The maximum Gasteiger partial charge on any atom is 0.270 e. The molecule has 6 nitrogen and oxygen atoms in total. The fraction of sp³-hybridized carbons (Fsp3) is 0.222. The predicted octanol–water partition coefficient (Wildman–Crippen LogP) is 6.54. The summed E-state index contributed by atoms with van der Waals surface area (Å²) >= 11 is 3.00. The Labute approximate surface area is 225 Å². The van der Waals surface area contributed by atoms with Gasteiger partial charge in [0.15, 0.2) is 5.13 Å². The highest BCUT2D eigenvalue weighted by atomic mass is 35.5. The van der Waals surface area contributed by atoms with Crippen molar-refractivity contribution in [3.63, 3.8) is 0 Å². The van der Waals surface area contributed by atoms with E-state index >= 15 is 0 Å². The van der Waals surface area contributed by atoms with Crippen LogP contribution in [0.2, 0.25) is 0 Å². The summed E-state index contributed by atoms with van der Waals surface area (Å²) in [5.41, 5.74) is 3.85. The molecular weight excluding hydrogens is 510 g/mol. The number of rotatable bonds is 8. The van der Waals surface area contributed by atoms with Crippen molar-refractivity contribution >= 4 is 56.3 Å². The standard InChI is InChI=1S/C27H27N5OS2.ClH/c1-19-22-17-24(35-26(22)32(29-19)21-13-8-5-9-14-21)25(33)31(16-10-15-30(2)3)27-28-23(18-34-27)20-11-6-4-7-12-20;/h4-9,11-14,17-18H,10,15-16H2,1-3H3;1H. The van der Waals surface area contributed by atoms with Gasteiger partial charge in [-0.3, -0.25) is 9.69 Å². The Balaban J connectivity index is 0.00000304. The first-order valence-corrected chi connectivity index (χ1v) is 13.2. The van der Waals surface area contributed by atoms with Gasteiger partial charge in [0.05, 0.1) is 22.0 Å². The van der Waals surface area contributed by atoms with Gasteiger partial charge in [-0.25, -0.2) is 9.67 Å². The summed E-state index contributed by atoms with van der Waals surface area (Å²) in [4.78, 5) is 24.4. The van der Waals surface area contributed by atoms with Crippen molar-refractivity contribution in [1.82, 2.24) is 19.7 Å². The first-order valence-electron chi connectivity index (χ1n) is 11.5. The van der Waals surface area contributed by atoms with E-state index in [9.17, 15) is 4.79 Å². The van der Waals surface area contributed by atoms with Crippen molar-refractivity contribution in [2.24, 2.45) is 0 Å². The highest BCUT2D eigenvalue weighted by molar-refractivity contribution is 7.20. The van der Waals surface area contributed by atoms with Gasteiger partial charge in [0, 0.05) is 22.9 Å². The predicted molar refractivity (Wildman–Crippen MR) is 153 cm³/mol. The molecule has 0 bridgehead atoms. The topological polar surface area (TPSA) is 54.3 Å². The van der Waals surface area contributed by atoms with Gasteiger partial charge in [-0.05, 0) is 52.2 Å². The van der Waals surface area contributed by atoms with Crippen LogP contribution in [0.1, 0.15) is 21.8 Å². The molecule has 0 aliphatic heterocycles. The van der Waals surface area contributed by atoms with Crippen molar-refractivity contribution in [2.75, 3.05) is 32.1 Å². The number of carbonyl (C=O) groups is 1. The molecule has 0 atom stereocenters. The van der Waals surface area contributed by atoms with Crippen LogP contribution in [0.15, 0.2) is 72.1 Å². The normalized spacial score (nSPS) is 11.1. The Hall–Kier alpha value is -3.04. The summed E-state index contributed by atoms with van der Waals surface area (Å²) in [5.74, 6) is -0.0158. The Bertz CT molecular complexity index is 1440. The average Bonchev–Trinajstić information content (AvgIpc) is 3.60. The van der Waals surface area contributed by atoms with Crippen LogP contribution in [-0.2, 0) is 0 Å². The molecule has 0 aliphatic rings. The number of nitrogens with zero attached hydrogens (tertiary/aromatic N) is 5. The molecule has 1 amide bonds. The number of benzene rings is 2. The molecule has 5 rings (SSSR count). The van der Waals surface area contributed by atoms with Gasteiger partial charge in [0.1, 0.15) is 4.83 Å². The Morgan fingerprint density at radius 1 is 1.00 bits per heavy atom. The van der Waals surface area contributed by atoms with Crippen LogP contribution in [0, 0.1) is 6.92 Å². The molecule has 36 heavy (non-hydrogen) atoms. The number of amides is 1. The summed E-state index contributed by atoms with van der Waals surface area (Å²) < 4.78 is 1.93. The zero-order valence-electron chi connectivity index (χ0n) is 20.4. The number of halogens is 1. The number of hydrogen-bond donors (Lipinski definition) is 0. The van der Waals surface area contributed by atoms with E-state index in [0.717, 1.165) is 51.0 Å². The van der Waals surface area contributed by atoms with Gasteiger partial charge in [0.2, 0.25) is 0 Å². The molecule has 0 aliphatic carbocycles. The first kappa shape index (κ1) is 26.0. The average molecular weight is 538 g/mol. The van der Waals surface area contributed by atoms with Crippen LogP contribution >= 0.6 is 35.1 Å². The minimum atomic E-state index is -0.0158. The van der Waals surface area contributed by atoms with Crippen molar-refractivity contribution in [3.8, 4) is 16.9 Å². The summed E-state index contributed by atoms with van der Waals surface area (Å²) in [6.07, 6.45) is 0.862. The number of carbonyl (C=O) groups excluding carboxylic acids is 1. The van der Waals surface area contributed by atoms with Crippen LogP contribution in [0.3, 0.4) is 0 Å². The van der Waals surface area contributed by atoms with E-state index in [1.54, 1.807) is 0 Å². The fourth-order valence-electron chi connectivity index (χ4n) is 3.99. The molecule has 9 heteroatoms. The third-order valence-corrected chi connectivity index (χ3v) is 7.74. The lowest BCUT2D eigenvalue weighted by Gasteiger charge is -2.20. The molecule has 0 unspecified atom stereocenters. The minimum Gasteiger partial charge on any atom is -0.309 e. The van der Waals surface area contributed by atoms with E-state index in [4.69, 9.17) is 10.1 Å². The van der Waals surface area contributed by atoms with Crippen molar-refractivity contribution in [2.45, 2.75) is 13.3 Å². The molecule has 3 aromatic heterocycles. The SMILES string of the molecule is Cc1nn(-c2ccccc2)c2sc(C(=O)N(CCCN(C)C)c3nc(-c4ccccc4)cs3)cc12.Cl. The van der Waals surface area contributed by atoms with Crippen LogP contribution in [-0.4, -0.2) is 52.8 Å². The quantitative estimate of drug-likeness (QED) is 0.225. The molecule has 5 aromatic rings. The molecule has 3 heterocycles. The van der Waals surface area contributed by atoms with Gasteiger partial charge in [-0.15, -0.1) is 35.1 Å². The minimum absolute atomic E-state index is 0. The Kier molecular flexibility index (Phi) is 8.21. The summed E-state index contributed by atoms with van der Waals surface area (Å²) in [5, 5.41) is 8.48. The number of thiophene rings is 1. The van der Waals surface area contributed by atoms with Gasteiger partial charge in [0.25, 0.3) is 5.91 Å². The number of anilines is 1. The number of aromatic nitrogens is 3. The van der Waals surface area contributed by atoms with Crippen LogP contribution in [0.4, 0.5) is 5.13 Å². The molecule has 0 spiro atoms. The van der Waals surface area contributed by atoms with E-state index in [-0.39, 0.29) is 18.3 Å². The van der Waals surface area contributed by atoms with Crippen molar-refractivity contribution in [1.29, 1.82) is 0 Å². The van der Waals surface area contributed by atoms with E-state index in [1.165, 1.54) is 22.7 Å². The number of hydrogen-bond acceptors (Lipinski definition) is 6. The number of para-hydroxylation sites is 1. The van der Waals surface area contributed by atoms with Gasteiger partial charge in [-0.1, -0.05) is 48.5 Å². The maximum absolute atomic E-state index is 13.9. The molecule has 186 valence electrons. The fourth-order valence-corrected chi connectivity index (χ4v) is 5.98. The van der Waals surface area contributed by atoms with E-state index in [2.05, 4.69) is 4.90 Å². The number of fused-ring (bicyclic) bond motifs is 1. The van der Waals surface area contributed by atoms with Crippen LogP contribution in [0.5, 0.6) is 0 Å². The maximum atomic E-state index is 13.9. The second kappa shape index (κ2) is 11.3. The molecule has 0 N–H and O–H groups in total. The second-order valence-electron chi connectivity index (χ2n) is 8.66. The smallest absolute Gasteiger partial charge is 0.270 e. The Morgan fingerprint density at radius 3 is 2.39 bits per heavy atom. The van der Waals surface area contributed by atoms with E-state index < -0.39 is 0 Å². The van der Waals surface area contributed by atoms with Crippen molar-refractivity contribution < 1.29 is 4.79 Å². The third kappa shape index (κ3) is 5.37. The monoisotopic (exact) mass is 537 g/mol. The molecule has 0 fully saturated rings. The lowest BCUT2D eigenvalue weighted by atomic mass is 10.2. The highest BCUT2D eigenvalue weighted by Gasteiger charge is 2.25. The van der Waals surface area contributed by atoms with E-state index in [0.29, 0.717) is 11.4 Å². The molecule has 0 saturated heterocycles. The van der Waals surface area contributed by atoms with Crippen LogP contribution < -0.4 is 4.90 Å². The van der Waals surface area contributed by atoms with E-state index in [1.807, 2.05) is 103 Å². The first-order chi connectivity index (χ1) is 17.0. The highest BCUT2D eigenvalue weighted by Crippen LogP contribution is 2.33. The lowest BCUT2D eigenvalue weighted by molar-refractivity contribution is 0.0990. The molecule has 0 radical (unpaired) electrons. The number of aryl methyl sites for hydroxylation is 1. The van der Waals surface area contributed by atoms with Gasteiger partial charge >= 0.3 is 0 Å². The van der Waals surface area contributed by atoms with Gasteiger partial charge in [-0.2, -0.15) is 5.10 Å². The third-order valence-electron chi connectivity index (χ3n) is 5.78. The largest absolute Gasteiger partial charge is 0.309 e. The summed E-state index contributed by atoms with van der Waals surface area (Å²) in [6, 6.07) is 22.1. The molecular formula is C27H28ClN5OS2. The molecule has 0 saturated carbocycles. The summed E-state index contributed by atoms with van der Waals surface area (Å²) in [7, 11) is 4.10. The summed E-state index contributed by atoms with van der Waals surface area (Å²) in [6.45, 7) is 3.50. The lowest BCUT2D eigenvalue weighted by Crippen LogP contribution is -2.33. The van der Waals surface area contributed by atoms with Crippen LogP contribution in [0.25, 0.3) is 27.2 Å². The van der Waals surface area contributed by atoms with Gasteiger partial charge < -0.3 is 4.90 Å². The zero-order valence-corrected chi connectivity index (χ0v) is 22.9. The molecule has 2 aromatic carbocycles. The Morgan fingerprint density at radius 2 is 1.69 bits per heavy atom. The number of thiazole rings is 1. The van der Waals surface area contributed by atoms with Crippen molar-refractivity contribution in [3.05, 3.63) is 82.7 Å². The zero-order chi connectivity index (χ0) is 24.4.